The Morgan fingerprint density at radius 1 is 0.900 bits per heavy atom. The minimum Gasteiger partial charge on any atom is -0.493 e. The molecular formula is C31H28BrNO7. The number of carbonyl (C=O) groups is 1. The van der Waals surface area contributed by atoms with Gasteiger partial charge in [-0.1, -0.05) is 15.9 Å². The van der Waals surface area contributed by atoms with Crippen LogP contribution in [0.5, 0.6) is 28.7 Å². The van der Waals surface area contributed by atoms with E-state index < -0.39 is 5.92 Å². The Labute approximate surface area is 239 Å². The van der Waals surface area contributed by atoms with Gasteiger partial charge in [0.1, 0.15) is 0 Å². The molecule has 0 saturated heterocycles. The number of methoxy groups -OCH3 is 4. The molecule has 0 unspecified atom stereocenters. The summed E-state index contributed by atoms with van der Waals surface area (Å²) in [4.78, 5) is 17.5. The summed E-state index contributed by atoms with van der Waals surface area (Å²) in [6.07, 6.45) is 0.727. The van der Waals surface area contributed by atoms with Gasteiger partial charge in [-0.2, -0.15) is 0 Å². The van der Waals surface area contributed by atoms with E-state index in [9.17, 15) is 4.79 Å². The highest BCUT2D eigenvalue weighted by Gasteiger charge is 2.53. The SMILES string of the molecule is COC(=O)[C@H]1[C@H](c2cc(OC)c(OC)c(OC)c2)c2cc3c(cc2[C@@H]2c4[nH]c5ccc(Br)cc5c4C[C@@H]21)OCO3. The van der Waals surface area contributed by atoms with Crippen molar-refractivity contribution in [2.24, 2.45) is 11.8 Å². The number of nitrogens with one attached hydrogen (secondary N) is 1. The van der Waals surface area contributed by atoms with Crippen molar-refractivity contribution in [3.63, 3.8) is 0 Å². The number of fused-ring (bicyclic) bond motifs is 8. The van der Waals surface area contributed by atoms with Crippen LogP contribution in [0.3, 0.4) is 0 Å². The summed E-state index contributed by atoms with van der Waals surface area (Å²) in [6.45, 7) is 0.160. The lowest BCUT2D eigenvalue weighted by Crippen LogP contribution is -2.38. The van der Waals surface area contributed by atoms with Gasteiger partial charge in [-0.25, -0.2) is 0 Å². The van der Waals surface area contributed by atoms with Gasteiger partial charge in [0.2, 0.25) is 12.5 Å². The van der Waals surface area contributed by atoms with E-state index in [-0.39, 0.29) is 30.5 Å². The molecule has 9 heteroatoms. The molecule has 40 heavy (non-hydrogen) atoms. The molecule has 2 heterocycles. The van der Waals surface area contributed by atoms with E-state index in [2.05, 4.69) is 39.1 Å². The normalized spacial score (nSPS) is 21.9. The first-order valence-corrected chi connectivity index (χ1v) is 13.9. The summed E-state index contributed by atoms with van der Waals surface area (Å²) in [5, 5.41) is 1.16. The highest BCUT2D eigenvalue weighted by molar-refractivity contribution is 9.10. The first-order valence-electron chi connectivity index (χ1n) is 13.1. The molecule has 4 atom stereocenters. The molecule has 8 nitrogen and oxygen atoms in total. The van der Waals surface area contributed by atoms with Gasteiger partial charge in [-0.3, -0.25) is 4.79 Å². The van der Waals surface area contributed by atoms with Crippen LogP contribution >= 0.6 is 15.9 Å². The van der Waals surface area contributed by atoms with E-state index in [1.54, 1.807) is 21.3 Å². The lowest BCUT2D eigenvalue weighted by atomic mass is 9.62. The van der Waals surface area contributed by atoms with Gasteiger partial charge in [-0.05, 0) is 77.1 Å². The fourth-order valence-electron chi connectivity index (χ4n) is 7.08. The van der Waals surface area contributed by atoms with E-state index >= 15 is 0 Å². The minimum atomic E-state index is -0.478. The topological polar surface area (TPSA) is 88.2 Å². The summed E-state index contributed by atoms with van der Waals surface area (Å²) >= 11 is 3.63. The largest absolute Gasteiger partial charge is 0.493 e. The number of rotatable bonds is 5. The van der Waals surface area contributed by atoms with Crippen LogP contribution < -0.4 is 23.7 Å². The van der Waals surface area contributed by atoms with E-state index in [1.165, 1.54) is 12.7 Å². The number of aromatic nitrogens is 1. The molecule has 2 aliphatic carbocycles. The molecule has 3 aromatic carbocycles. The van der Waals surface area contributed by atoms with Crippen molar-refractivity contribution in [1.29, 1.82) is 0 Å². The zero-order chi connectivity index (χ0) is 27.7. The van der Waals surface area contributed by atoms with Gasteiger partial charge in [0.15, 0.2) is 23.0 Å². The molecule has 1 N–H and O–H groups in total. The van der Waals surface area contributed by atoms with Gasteiger partial charge in [-0.15, -0.1) is 0 Å². The highest BCUT2D eigenvalue weighted by Crippen LogP contribution is 2.60. The Balaban J connectivity index is 1.50. The maximum absolute atomic E-state index is 13.8. The Morgan fingerprint density at radius 3 is 2.20 bits per heavy atom. The third-order valence-corrected chi connectivity index (χ3v) is 9.16. The predicted molar refractivity (Wildman–Crippen MR) is 151 cm³/mol. The van der Waals surface area contributed by atoms with Crippen molar-refractivity contribution < 1.29 is 33.2 Å². The van der Waals surface area contributed by atoms with Crippen LogP contribution in [0.15, 0.2) is 46.9 Å². The van der Waals surface area contributed by atoms with Gasteiger partial charge in [0.25, 0.3) is 0 Å². The number of aromatic amines is 1. The smallest absolute Gasteiger partial charge is 0.309 e. The fraction of sp³-hybridized carbons (Fsp3) is 0.323. The standard InChI is InChI=1S/C31H28BrNO7/c1-35-24-7-14(8-25(36-2)30(24)37-3)26-17-11-22-23(40-13-39-22)12-18(17)27-20(28(26)31(34)38-4)10-19-16-9-15(32)5-6-21(16)33-29(19)27/h5-9,11-12,20,26-28,33H,10,13H2,1-4H3/t20-,26+,27-,28+/m0/s1. The van der Waals surface area contributed by atoms with Crippen molar-refractivity contribution in [2.45, 2.75) is 18.3 Å². The molecule has 0 amide bonds. The molecule has 0 spiro atoms. The number of hydrogen-bond acceptors (Lipinski definition) is 7. The summed E-state index contributed by atoms with van der Waals surface area (Å²) in [7, 11) is 6.22. The van der Waals surface area contributed by atoms with Gasteiger partial charge in [0, 0.05) is 32.9 Å². The first kappa shape index (κ1) is 25.1. The second kappa shape index (κ2) is 9.37. The summed E-state index contributed by atoms with van der Waals surface area (Å²) in [5.74, 6) is 1.74. The average Bonchev–Trinajstić information content (AvgIpc) is 3.67. The maximum Gasteiger partial charge on any atom is 0.309 e. The van der Waals surface area contributed by atoms with Crippen LogP contribution in [0.2, 0.25) is 0 Å². The number of benzene rings is 3. The average molecular weight is 606 g/mol. The Bertz CT molecular complexity index is 1650. The molecular weight excluding hydrogens is 578 g/mol. The predicted octanol–water partition coefficient (Wildman–Crippen LogP) is 5.92. The molecule has 1 aliphatic heterocycles. The maximum atomic E-state index is 13.8. The lowest BCUT2D eigenvalue weighted by molar-refractivity contribution is -0.148. The summed E-state index contributed by atoms with van der Waals surface area (Å²) < 4.78 is 35.2. The van der Waals surface area contributed by atoms with Crippen molar-refractivity contribution in [3.8, 4) is 28.7 Å². The van der Waals surface area contributed by atoms with Gasteiger partial charge >= 0.3 is 5.97 Å². The molecule has 4 aromatic rings. The second-order valence-corrected chi connectivity index (χ2v) is 11.3. The number of carbonyl (C=O) groups excluding carboxylic acids is 1. The molecule has 206 valence electrons. The third-order valence-electron chi connectivity index (χ3n) is 8.67. The van der Waals surface area contributed by atoms with Crippen LogP contribution in [0, 0.1) is 11.8 Å². The monoisotopic (exact) mass is 605 g/mol. The number of esters is 1. The zero-order valence-corrected chi connectivity index (χ0v) is 24.1. The van der Waals surface area contributed by atoms with Crippen LogP contribution in [-0.2, 0) is 16.0 Å². The molecule has 3 aliphatic rings. The molecule has 0 bridgehead atoms. The first-order chi connectivity index (χ1) is 19.5. The van der Waals surface area contributed by atoms with E-state index in [0.717, 1.165) is 44.2 Å². The quantitative estimate of drug-likeness (QED) is 0.282. The number of ether oxygens (including phenoxy) is 6. The van der Waals surface area contributed by atoms with Crippen molar-refractivity contribution in [1.82, 2.24) is 4.98 Å². The molecule has 7 rings (SSSR count). The molecule has 1 aromatic heterocycles. The Morgan fingerprint density at radius 2 is 1.57 bits per heavy atom. The number of halogens is 1. The van der Waals surface area contributed by atoms with Crippen LogP contribution in [0.25, 0.3) is 10.9 Å². The van der Waals surface area contributed by atoms with Gasteiger partial charge in [0.05, 0.1) is 34.4 Å². The van der Waals surface area contributed by atoms with E-state index in [1.807, 2.05) is 24.3 Å². The molecule has 0 fully saturated rings. The third kappa shape index (κ3) is 3.53. The van der Waals surface area contributed by atoms with Crippen LogP contribution in [0.1, 0.15) is 39.8 Å². The fourth-order valence-corrected chi connectivity index (χ4v) is 7.44. The van der Waals surface area contributed by atoms with E-state index in [0.29, 0.717) is 28.7 Å². The van der Waals surface area contributed by atoms with Crippen LogP contribution in [0.4, 0.5) is 0 Å². The van der Waals surface area contributed by atoms with Crippen molar-refractivity contribution >= 4 is 32.8 Å². The summed E-state index contributed by atoms with van der Waals surface area (Å²) in [6, 6.07) is 14.2. The number of H-pyrrole nitrogens is 1. The Kier molecular flexibility index (Phi) is 5.89. The van der Waals surface area contributed by atoms with E-state index in [4.69, 9.17) is 28.4 Å². The van der Waals surface area contributed by atoms with Crippen molar-refractivity contribution in [2.75, 3.05) is 35.2 Å². The second-order valence-electron chi connectivity index (χ2n) is 10.4. The highest BCUT2D eigenvalue weighted by atomic mass is 79.9. The molecule has 0 radical (unpaired) electrons. The zero-order valence-electron chi connectivity index (χ0n) is 22.5. The summed E-state index contributed by atoms with van der Waals surface area (Å²) in [5.41, 5.74) is 6.41. The molecule has 0 saturated carbocycles. The lowest BCUT2D eigenvalue weighted by Gasteiger charge is -2.41. The van der Waals surface area contributed by atoms with Crippen molar-refractivity contribution in [3.05, 3.63) is 74.9 Å². The minimum absolute atomic E-state index is 0.0472. The van der Waals surface area contributed by atoms with Gasteiger partial charge < -0.3 is 33.4 Å². The van der Waals surface area contributed by atoms with Crippen LogP contribution in [-0.4, -0.2) is 46.2 Å². The number of hydrogen-bond donors (Lipinski definition) is 1. The Hall–Kier alpha value is -3.85.